The third-order valence-corrected chi connectivity index (χ3v) is 3.03. The Morgan fingerprint density at radius 1 is 1.12 bits per heavy atom. The monoisotopic (exact) mass is 228 g/mol. The molecular weight excluding hydrogens is 208 g/mol. The first-order valence-electron chi connectivity index (χ1n) is 6.20. The molecule has 0 spiro atoms. The molecule has 1 aromatic heterocycles. The number of rotatable bonds is 3. The second-order valence-corrected chi connectivity index (χ2v) is 4.68. The highest BCUT2D eigenvalue weighted by molar-refractivity contribution is 5.85. The van der Waals surface area contributed by atoms with Crippen LogP contribution in [-0.4, -0.2) is 11.5 Å². The molecule has 0 amide bonds. The van der Waals surface area contributed by atoms with E-state index in [0.29, 0.717) is 0 Å². The van der Waals surface area contributed by atoms with E-state index in [-0.39, 0.29) is 0 Å². The van der Waals surface area contributed by atoms with Gasteiger partial charge in [-0.1, -0.05) is 18.6 Å². The van der Waals surface area contributed by atoms with Crippen LogP contribution >= 0.6 is 0 Å². The van der Waals surface area contributed by atoms with Crippen molar-refractivity contribution < 1.29 is 0 Å². The van der Waals surface area contributed by atoms with Gasteiger partial charge in [-0.05, 0) is 50.6 Å². The van der Waals surface area contributed by atoms with E-state index in [1.807, 2.05) is 0 Å². The van der Waals surface area contributed by atoms with Crippen molar-refractivity contribution >= 4 is 10.9 Å². The molecule has 1 heterocycles. The molecule has 1 aromatic carbocycles. The summed E-state index contributed by atoms with van der Waals surface area (Å²) in [4.78, 5) is 4.66. The van der Waals surface area contributed by atoms with Crippen molar-refractivity contribution in [3.63, 3.8) is 0 Å². The second-order valence-electron chi connectivity index (χ2n) is 4.68. The molecule has 0 radical (unpaired) electrons. The number of hydrogen-bond donors (Lipinski definition) is 1. The van der Waals surface area contributed by atoms with Crippen LogP contribution < -0.4 is 5.32 Å². The second kappa shape index (κ2) is 4.84. The third-order valence-electron chi connectivity index (χ3n) is 3.03. The lowest BCUT2D eigenvalue weighted by Gasteiger charge is -2.11. The average Bonchev–Trinajstić information content (AvgIpc) is 2.27. The van der Waals surface area contributed by atoms with Gasteiger partial charge in [0, 0.05) is 17.6 Å². The van der Waals surface area contributed by atoms with E-state index in [1.54, 1.807) is 0 Å². The predicted octanol–water partition coefficient (Wildman–Crippen LogP) is 3.27. The van der Waals surface area contributed by atoms with Crippen molar-refractivity contribution in [1.82, 2.24) is 10.3 Å². The van der Waals surface area contributed by atoms with Gasteiger partial charge in [-0.2, -0.15) is 0 Å². The van der Waals surface area contributed by atoms with Gasteiger partial charge in [-0.3, -0.25) is 4.98 Å². The molecule has 0 bridgehead atoms. The van der Waals surface area contributed by atoms with Gasteiger partial charge >= 0.3 is 0 Å². The summed E-state index contributed by atoms with van der Waals surface area (Å²) in [5.74, 6) is 0. The van der Waals surface area contributed by atoms with Gasteiger partial charge in [-0.25, -0.2) is 0 Å². The molecule has 2 aromatic rings. The molecule has 0 fully saturated rings. The number of pyridine rings is 1. The zero-order valence-corrected chi connectivity index (χ0v) is 11.1. The van der Waals surface area contributed by atoms with Gasteiger partial charge in [0.05, 0.1) is 5.52 Å². The number of nitrogens with one attached hydrogen (secondary N) is 1. The summed E-state index contributed by atoms with van der Waals surface area (Å²) in [5, 5.41) is 4.68. The van der Waals surface area contributed by atoms with Crippen LogP contribution in [0.15, 0.2) is 18.2 Å². The largest absolute Gasteiger partial charge is 0.313 e. The fourth-order valence-electron chi connectivity index (χ4n) is 2.30. The SMILES string of the molecule is CCNCc1cc(C)nc2c(C)cc(C)cc12. The summed E-state index contributed by atoms with van der Waals surface area (Å²) in [6.45, 7) is 10.4. The summed E-state index contributed by atoms with van der Waals surface area (Å²) in [6, 6.07) is 6.62. The Bertz CT molecular complexity index is 544. The molecule has 2 rings (SSSR count). The zero-order chi connectivity index (χ0) is 12.4. The molecule has 0 aliphatic carbocycles. The molecule has 2 heteroatoms. The minimum absolute atomic E-state index is 0.916. The van der Waals surface area contributed by atoms with Crippen molar-refractivity contribution in [2.24, 2.45) is 0 Å². The lowest BCUT2D eigenvalue weighted by Crippen LogP contribution is -2.12. The molecule has 2 nitrogen and oxygen atoms in total. The summed E-state index contributed by atoms with van der Waals surface area (Å²) >= 11 is 0. The quantitative estimate of drug-likeness (QED) is 0.872. The highest BCUT2D eigenvalue weighted by atomic mass is 14.8. The van der Waals surface area contributed by atoms with Crippen LogP contribution in [0.1, 0.15) is 29.3 Å². The molecule has 0 aliphatic rings. The Hall–Kier alpha value is -1.41. The molecule has 0 atom stereocenters. The van der Waals surface area contributed by atoms with Gasteiger partial charge in [0.15, 0.2) is 0 Å². The Morgan fingerprint density at radius 3 is 2.59 bits per heavy atom. The van der Waals surface area contributed by atoms with Crippen LogP contribution in [0.5, 0.6) is 0 Å². The number of nitrogens with zero attached hydrogens (tertiary/aromatic N) is 1. The first-order chi connectivity index (χ1) is 8.11. The molecule has 0 saturated heterocycles. The Kier molecular flexibility index (Phi) is 3.43. The van der Waals surface area contributed by atoms with Crippen LogP contribution in [0.25, 0.3) is 10.9 Å². The predicted molar refractivity (Wildman–Crippen MR) is 73.3 cm³/mol. The molecule has 17 heavy (non-hydrogen) atoms. The molecule has 1 N–H and O–H groups in total. The van der Waals surface area contributed by atoms with Gasteiger partial charge in [0.2, 0.25) is 0 Å². The van der Waals surface area contributed by atoms with E-state index in [1.165, 1.54) is 22.1 Å². The molecule has 0 unspecified atom stereocenters. The smallest absolute Gasteiger partial charge is 0.0737 e. The maximum Gasteiger partial charge on any atom is 0.0737 e. The van der Waals surface area contributed by atoms with Crippen LogP contribution in [0, 0.1) is 20.8 Å². The number of hydrogen-bond acceptors (Lipinski definition) is 2. The Labute approximate surface area is 103 Å². The standard InChI is InChI=1S/C15H20N2/c1-5-16-9-13-8-12(4)17-15-11(3)6-10(2)7-14(13)15/h6-8,16H,5,9H2,1-4H3. The number of fused-ring (bicyclic) bond motifs is 1. The normalized spacial score (nSPS) is 11.1. The van der Waals surface area contributed by atoms with Crippen LogP contribution in [0.2, 0.25) is 0 Å². The summed E-state index contributed by atoms with van der Waals surface area (Å²) in [6.07, 6.45) is 0. The maximum absolute atomic E-state index is 4.66. The fourth-order valence-corrected chi connectivity index (χ4v) is 2.30. The Balaban J connectivity index is 2.64. The first-order valence-corrected chi connectivity index (χ1v) is 6.20. The molecule has 0 saturated carbocycles. The van der Waals surface area contributed by atoms with E-state index in [9.17, 15) is 0 Å². The number of aromatic nitrogens is 1. The van der Waals surface area contributed by atoms with Crippen molar-refractivity contribution in [3.05, 3.63) is 40.6 Å². The molecule has 90 valence electrons. The van der Waals surface area contributed by atoms with Gasteiger partial charge in [-0.15, -0.1) is 0 Å². The van der Waals surface area contributed by atoms with Crippen molar-refractivity contribution in [2.45, 2.75) is 34.2 Å². The summed E-state index contributed by atoms with van der Waals surface area (Å²) in [7, 11) is 0. The molecular formula is C15H20N2. The van der Waals surface area contributed by atoms with Crippen molar-refractivity contribution in [2.75, 3.05) is 6.54 Å². The van der Waals surface area contributed by atoms with Crippen LogP contribution in [-0.2, 0) is 6.54 Å². The van der Waals surface area contributed by atoms with Crippen LogP contribution in [0.3, 0.4) is 0 Å². The van der Waals surface area contributed by atoms with Gasteiger partial charge in [0.1, 0.15) is 0 Å². The van der Waals surface area contributed by atoms with E-state index in [0.717, 1.165) is 24.3 Å². The summed E-state index contributed by atoms with van der Waals surface area (Å²) in [5.41, 5.74) is 6.15. The minimum Gasteiger partial charge on any atom is -0.313 e. The van der Waals surface area contributed by atoms with Crippen LogP contribution in [0.4, 0.5) is 0 Å². The van der Waals surface area contributed by atoms with Gasteiger partial charge in [0.25, 0.3) is 0 Å². The topological polar surface area (TPSA) is 24.9 Å². The third kappa shape index (κ3) is 2.47. The highest BCUT2D eigenvalue weighted by Crippen LogP contribution is 2.23. The highest BCUT2D eigenvalue weighted by Gasteiger charge is 2.06. The van der Waals surface area contributed by atoms with Crippen molar-refractivity contribution in [3.8, 4) is 0 Å². The van der Waals surface area contributed by atoms with E-state index < -0.39 is 0 Å². The van der Waals surface area contributed by atoms with E-state index >= 15 is 0 Å². The van der Waals surface area contributed by atoms with E-state index in [4.69, 9.17) is 0 Å². The lowest BCUT2D eigenvalue weighted by atomic mass is 10.0. The average molecular weight is 228 g/mol. The van der Waals surface area contributed by atoms with Crippen molar-refractivity contribution in [1.29, 1.82) is 0 Å². The first kappa shape index (κ1) is 12.1. The van der Waals surface area contributed by atoms with E-state index in [2.05, 4.69) is 56.2 Å². The molecule has 0 aliphatic heterocycles. The minimum atomic E-state index is 0.916. The lowest BCUT2D eigenvalue weighted by molar-refractivity contribution is 0.729. The number of benzene rings is 1. The Morgan fingerprint density at radius 2 is 1.88 bits per heavy atom. The van der Waals surface area contributed by atoms with Gasteiger partial charge < -0.3 is 5.32 Å². The maximum atomic E-state index is 4.66. The number of aryl methyl sites for hydroxylation is 3. The fraction of sp³-hybridized carbons (Fsp3) is 0.400. The zero-order valence-electron chi connectivity index (χ0n) is 11.1. The summed E-state index contributed by atoms with van der Waals surface area (Å²) < 4.78 is 0.